The molecule has 4 heteroatoms. The third-order valence-corrected chi connectivity index (χ3v) is 2.06. The summed E-state index contributed by atoms with van der Waals surface area (Å²) in [6, 6.07) is 8.07. The smallest absolute Gasteiger partial charge is 0.187 e. The van der Waals surface area contributed by atoms with Crippen molar-refractivity contribution in [3.05, 3.63) is 48.0 Å². The van der Waals surface area contributed by atoms with E-state index >= 15 is 0 Å². The number of hydrogen-bond acceptors (Lipinski definition) is 2. The summed E-state index contributed by atoms with van der Waals surface area (Å²) in [4.78, 5) is 0. The molecule has 84 valence electrons. The number of nitrogens with zero attached hydrogens (tertiary/aromatic N) is 1. The van der Waals surface area contributed by atoms with E-state index in [1.165, 1.54) is 5.56 Å². The van der Waals surface area contributed by atoms with Crippen molar-refractivity contribution >= 4 is 23.5 Å². The van der Waals surface area contributed by atoms with Gasteiger partial charge < -0.3 is 5.32 Å². The van der Waals surface area contributed by atoms with E-state index < -0.39 is 0 Å². The van der Waals surface area contributed by atoms with Crippen LogP contribution in [0.25, 0.3) is 0 Å². The SMILES string of the molecule is C=CCNC(=S)N/N=C/c1cccc(C)c1. The molecule has 0 aliphatic heterocycles. The van der Waals surface area contributed by atoms with E-state index in [0.29, 0.717) is 11.7 Å². The van der Waals surface area contributed by atoms with E-state index in [2.05, 4.69) is 22.4 Å². The number of hydrogen-bond donors (Lipinski definition) is 2. The molecule has 0 amide bonds. The van der Waals surface area contributed by atoms with Gasteiger partial charge in [-0.3, -0.25) is 5.43 Å². The van der Waals surface area contributed by atoms with E-state index in [-0.39, 0.29) is 0 Å². The van der Waals surface area contributed by atoms with Gasteiger partial charge in [0.1, 0.15) is 0 Å². The van der Waals surface area contributed by atoms with Crippen LogP contribution >= 0.6 is 12.2 Å². The minimum Gasteiger partial charge on any atom is -0.358 e. The Balaban J connectivity index is 2.42. The minimum atomic E-state index is 0.490. The maximum absolute atomic E-state index is 4.98. The average molecular weight is 233 g/mol. The Kier molecular flexibility index (Phi) is 5.22. The third kappa shape index (κ3) is 4.70. The zero-order valence-corrected chi connectivity index (χ0v) is 10.1. The number of nitrogens with one attached hydrogen (secondary N) is 2. The molecule has 1 rings (SSSR count). The van der Waals surface area contributed by atoms with Crippen LogP contribution < -0.4 is 10.7 Å². The molecule has 0 unspecified atom stereocenters. The van der Waals surface area contributed by atoms with Gasteiger partial charge >= 0.3 is 0 Å². The zero-order valence-electron chi connectivity index (χ0n) is 9.23. The lowest BCUT2D eigenvalue weighted by atomic mass is 10.2. The summed E-state index contributed by atoms with van der Waals surface area (Å²) in [7, 11) is 0. The van der Waals surface area contributed by atoms with Gasteiger partial charge in [-0.15, -0.1) is 6.58 Å². The molecule has 0 bridgehead atoms. The first-order valence-electron chi connectivity index (χ1n) is 4.97. The van der Waals surface area contributed by atoms with Crippen molar-refractivity contribution in [1.29, 1.82) is 0 Å². The summed E-state index contributed by atoms with van der Waals surface area (Å²) in [5.74, 6) is 0. The van der Waals surface area contributed by atoms with Crippen molar-refractivity contribution < 1.29 is 0 Å². The van der Waals surface area contributed by atoms with Crippen LogP contribution in [0.4, 0.5) is 0 Å². The maximum Gasteiger partial charge on any atom is 0.187 e. The van der Waals surface area contributed by atoms with Gasteiger partial charge in [-0.05, 0) is 24.7 Å². The fourth-order valence-corrected chi connectivity index (χ4v) is 1.26. The molecule has 0 spiro atoms. The fraction of sp³-hybridized carbons (Fsp3) is 0.167. The molecule has 0 saturated carbocycles. The van der Waals surface area contributed by atoms with E-state index in [9.17, 15) is 0 Å². The highest BCUT2D eigenvalue weighted by Crippen LogP contribution is 2.00. The van der Waals surface area contributed by atoms with E-state index in [1.54, 1.807) is 12.3 Å². The lowest BCUT2D eigenvalue weighted by molar-refractivity contribution is 0.942. The Morgan fingerprint density at radius 1 is 1.56 bits per heavy atom. The van der Waals surface area contributed by atoms with Crippen LogP contribution in [-0.2, 0) is 0 Å². The molecule has 2 N–H and O–H groups in total. The third-order valence-electron chi connectivity index (χ3n) is 1.83. The van der Waals surface area contributed by atoms with Crippen molar-refractivity contribution in [2.24, 2.45) is 5.10 Å². The Morgan fingerprint density at radius 2 is 2.38 bits per heavy atom. The lowest BCUT2D eigenvalue weighted by Crippen LogP contribution is -2.31. The predicted octanol–water partition coefficient (Wildman–Crippen LogP) is 1.98. The maximum atomic E-state index is 4.98. The van der Waals surface area contributed by atoms with Gasteiger partial charge in [0.2, 0.25) is 0 Å². The van der Waals surface area contributed by atoms with E-state index in [0.717, 1.165) is 5.56 Å². The first-order chi connectivity index (χ1) is 7.72. The van der Waals surface area contributed by atoms with Crippen molar-refractivity contribution in [2.45, 2.75) is 6.92 Å². The summed E-state index contributed by atoms with van der Waals surface area (Å²) in [5, 5.41) is 7.43. The average Bonchev–Trinajstić information content (AvgIpc) is 2.26. The molecule has 0 aromatic heterocycles. The highest BCUT2D eigenvalue weighted by atomic mass is 32.1. The predicted molar refractivity (Wildman–Crippen MR) is 72.7 cm³/mol. The molecular formula is C12H15N3S. The Morgan fingerprint density at radius 3 is 3.06 bits per heavy atom. The van der Waals surface area contributed by atoms with Crippen LogP contribution in [-0.4, -0.2) is 17.9 Å². The van der Waals surface area contributed by atoms with Crippen molar-refractivity contribution in [1.82, 2.24) is 10.7 Å². The Hall–Kier alpha value is -1.68. The van der Waals surface area contributed by atoms with Gasteiger partial charge in [-0.1, -0.05) is 35.9 Å². The van der Waals surface area contributed by atoms with Gasteiger partial charge in [0.15, 0.2) is 5.11 Å². The first kappa shape index (κ1) is 12.4. The van der Waals surface area contributed by atoms with Crippen LogP contribution in [0.3, 0.4) is 0 Å². The van der Waals surface area contributed by atoms with Crippen LogP contribution in [0.5, 0.6) is 0 Å². The first-order valence-corrected chi connectivity index (χ1v) is 5.37. The van der Waals surface area contributed by atoms with Crippen LogP contribution in [0.15, 0.2) is 42.0 Å². The van der Waals surface area contributed by atoms with E-state index in [4.69, 9.17) is 12.2 Å². The number of hydrazone groups is 1. The second-order valence-electron chi connectivity index (χ2n) is 3.28. The molecule has 16 heavy (non-hydrogen) atoms. The molecule has 0 radical (unpaired) electrons. The number of benzene rings is 1. The second-order valence-corrected chi connectivity index (χ2v) is 3.69. The molecule has 0 aliphatic rings. The molecule has 1 aromatic carbocycles. The highest BCUT2D eigenvalue weighted by molar-refractivity contribution is 7.80. The molecule has 0 aliphatic carbocycles. The van der Waals surface area contributed by atoms with E-state index in [1.807, 2.05) is 31.2 Å². The second kappa shape index (κ2) is 6.74. The van der Waals surface area contributed by atoms with Gasteiger partial charge in [0.05, 0.1) is 6.21 Å². The molecule has 1 aromatic rings. The largest absolute Gasteiger partial charge is 0.358 e. The summed E-state index contributed by atoms with van der Waals surface area (Å²) < 4.78 is 0. The standard InChI is InChI=1S/C12H15N3S/c1-3-7-13-12(16)15-14-9-11-6-4-5-10(2)8-11/h3-6,8-9H,1,7H2,2H3,(H2,13,15,16)/b14-9+. The van der Waals surface area contributed by atoms with Crippen LogP contribution in [0.1, 0.15) is 11.1 Å². The topological polar surface area (TPSA) is 36.4 Å². The molecule has 3 nitrogen and oxygen atoms in total. The van der Waals surface area contributed by atoms with Crippen LogP contribution in [0, 0.1) is 6.92 Å². The quantitative estimate of drug-likeness (QED) is 0.361. The number of aryl methyl sites for hydroxylation is 1. The monoisotopic (exact) mass is 233 g/mol. The summed E-state index contributed by atoms with van der Waals surface area (Å²) in [5.41, 5.74) is 4.97. The highest BCUT2D eigenvalue weighted by Gasteiger charge is 1.90. The van der Waals surface area contributed by atoms with Crippen molar-refractivity contribution in [3.63, 3.8) is 0 Å². The van der Waals surface area contributed by atoms with Crippen molar-refractivity contribution in [3.8, 4) is 0 Å². The number of rotatable bonds is 4. The van der Waals surface area contributed by atoms with Gasteiger partial charge in [-0.25, -0.2) is 0 Å². The Bertz CT molecular complexity index is 399. The zero-order chi connectivity index (χ0) is 11.8. The minimum absolute atomic E-state index is 0.490. The molecular weight excluding hydrogens is 218 g/mol. The number of thiocarbonyl (C=S) groups is 1. The van der Waals surface area contributed by atoms with Gasteiger partial charge in [0, 0.05) is 6.54 Å². The normalized spacial score (nSPS) is 10.1. The molecule has 0 heterocycles. The molecule has 0 saturated heterocycles. The summed E-state index contributed by atoms with van der Waals surface area (Å²) in [6.07, 6.45) is 3.47. The van der Waals surface area contributed by atoms with Crippen molar-refractivity contribution in [2.75, 3.05) is 6.54 Å². The Labute approximate surface area is 101 Å². The lowest BCUT2D eigenvalue weighted by Gasteiger charge is -2.03. The molecule has 0 atom stereocenters. The molecule has 0 fully saturated rings. The summed E-state index contributed by atoms with van der Waals surface area (Å²) >= 11 is 4.98. The summed E-state index contributed by atoms with van der Waals surface area (Å²) in [6.45, 7) is 6.26. The van der Waals surface area contributed by atoms with Crippen LogP contribution in [0.2, 0.25) is 0 Å². The van der Waals surface area contributed by atoms with Gasteiger partial charge in [-0.2, -0.15) is 5.10 Å². The fourth-order valence-electron chi connectivity index (χ4n) is 1.12. The van der Waals surface area contributed by atoms with Gasteiger partial charge in [0.25, 0.3) is 0 Å².